The number of carbonyl (C=O) groups is 2. The summed E-state index contributed by atoms with van der Waals surface area (Å²) in [6, 6.07) is 5.83. The molecule has 0 unspecified atom stereocenters. The summed E-state index contributed by atoms with van der Waals surface area (Å²) in [6.07, 6.45) is 6.20. The van der Waals surface area contributed by atoms with Gasteiger partial charge in [-0.25, -0.2) is 4.39 Å². The normalized spacial score (nSPS) is 22.6. The minimum Gasteiger partial charge on any atom is -0.376 e. The van der Waals surface area contributed by atoms with E-state index in [1.54, 1.807) is 17.0 Å². The second-order valence-corrected chi connectivity index (χ2v) is 7.13. The smallest absolute Gasteiger partial charge is 0.240 e. The second-order valence-electron chi connectivity index (χ2n) is 7.13. The summed E-state index contributed by atoms with van der Waals surface area (Å²) >= 11 is 0. The molecular formula is C20H27FN2O3. The van der Waals surface area contributed by atoms with Gasteiger partial charge in [-0.1, -0.05) is 25.0 Å². The fourth-order valence-electron chi connectivity index (χ4n) is 3.70. The molecule has 2 aliphatic heterocycles. The summed E-state index contributed by atoms with van der Waals surface area (Å²) in [5.41, 5.74) is 0.825. The Hall–Kier alpha value is -1.95. The van der Waals surface area contributed by atoms with E-state index in [1.807, 2.05) is 0 Å². The summed E-state index contributed by atoms with van der Waals surface area (Å²) in [5.74, 6) is -0.448. The van der Waals surface area contributed by atoms with Gasteiger partial charge in [0.2, 0.25) is 11.8 Å². The third-order valence-electron chi connectivity index (χ3n) is 5.14. The Labute approximate surface area is 153 Å². The fourth-order valence-corrected chi connectivity index (χ4v) is 3.70. The predicted molar refractivity (Wildman–Crippen MR) is 95.9 cm³/mol. The Kier molecular flexibility index (Phi) is 6.61. The molecule has 0 aromatic heterocycles. The van der Waals surface area contributed by atoms with Crippen molar-refractivity contribution in [2.75, 3.05) is 19.7 Å². The van der Waals surface area contributed by atoms with E-state index in [0.717, 1.165) is 44.1 Å². The molecule has 142 valence electrons. The van der Waals surface area contributed by atoms with Crippen molar-refractivity contribution < 1.29 is 18.7 Å². The molecule has 3 rings (SSSR count). The monoisotopic (exact) mass is 362 g/mol. The average Bonchev–Trinajstić information content (AvgIpc) is 3.15. The van der Waals surface area contributed by atoms with Crippen molar-refractivity contribution in [2.45, 2.75) is 57.1 Å². The summed E-state index contributed by atoms with van der Waals surface area (Å²) in [4.78, 5) is 26.5. The molecule has 2 heterocycles. The Balaban J connectivity index is 1.66. The Morgan fingerprint density at radius 1 is 1.19 bits per heavy atom. The van der Waals surface area contributed by atoms with Gasteiger partial charge in [-0.05, 0) is 43.4 Å². The van der Waals surface area contributed by atoms with Gasteiger partial charge in [0.05, 0.1) is 18.7 Å². The van der Waals surface area contributed by atoms with Gasteiger partial charge in [0.25, 0.3) is 0 Å². The van der Waals surface area contributed by atoms with Crippen molar-refractivity contribution >= 4 is 11.8 Å². The van der Waals surface area contributed by atoms with Gasteiger partial charge in [-0.15, -0.1) is 0 Å². The number of benzene rings is 1. The van der Waals surface area contributed by atoms with Crippen LogP contribution >= 0.6 is 0 Å². The van der Waals surface area contributed by atoms with Crippen molar-refractivity contribution in [2.24, 2.45) is 0 Å². The number of nitrogens with zero attached hydrogens (tertiary/aromatic N) is 1. The van der Waals surface area contributed by atoms with E-state index in [-0.39, 0.29) is 36.3 Å². The molecule has 0 radical (unpaired) electrons. The molecule has 0 saturated carbocycles. The van der Waals surface area contributed by atoms with E-state index < -0.39 is 0 Å². The quantitative estimate of drug-likeness (QED) is 0.876. The molecule has 1 N–H and O–H groups in total. The first kappa shape index (κ1) is 18.8. The zero-order valence-corrected chi connectivity index (χ0v) is 15.1. The van der Waals surface area contributed by atoms with Crippen LogP contribution in [0.3, 0.4) is 0 Å². The highest BCUT2D eigenvalue weighted by Gasteiger charge is 2.29. The number of halogens is 1. The Bertz CT molecular complexity index is 614. The average molecular weight is 362 g/mol. The van der Waals surface area contributed by atoms with E-state index in [4.69, 9.17) is 4.74 Å². The lowest BCUT2D eigenvalue weighted by Crippen LogP contribution is -2.44. The van der Waals surface area contributed by atoms with Crippen molar-refractivity contribution in [3.05, 3.63) is 35.6 Å². The number of likely N-dealkylation sites (tertiary alicyclic amines) is 1. The Morgan fingerprint density at radius 3 is 2.69 bits per heavy atom. The molecule has 26 heavy (non-hydrogen) atoms. The fraction of sp³-hybridized carbons (Fsp3) is 0.600. The number of carbonyl (C=O) groups excluding carboxylic acids is 2. The topological polar surface area (TPSA) is 58.6 Å². The van der Waals surface area contributed by atoms with Crippen molar-refractivity contribution in [3.63, 3.8) is 0 Å². The SMILES string of the molecule is O=C(CN1CCCCCCC1=O)N[C@@H](c1ccc(F)cc1)[C@H]1CCCO1. The minimum atomic E-state index is -0.324. The summed E-state index contributed by atoms with van der Waals surface area (Å²) < 4.78 is 19.0. The maximum atomic E-state index is 13.3. The number of hydrogen-bond donors (Lipinski definition) is 1. The molecule has 2 fully saturated rings. The van der Waals surface area contributed by atoms with E-state index in [2.05, 4.69) is 5.32 Å². The van der Waals surface area contributed by atoms with Gasteiger partial charge < -0.3 is 15.0 Å². The van der Waals surface area contributed by atoms with Crippen LogP contribution in [0, 0.1) is 5.82 Å². The van der Waals surface area contributed by atoms with Gasteiger partial charge in [-0.3, -0.25) is 9.59 Å². The number of hydrogen-bond acceptors (Lipinski definition) is 3. The standard InChI is InChI=1S/C20H27FN2O3/c21-16-10-8-15(9-11-16)20(17-6-5-13-26-17)22-18(24)14-23-12-4-2-1-3-7-19(23)25/h8-11,17,20H,1-7,12-14H2,(H,22,24)/t17-,20+/m1/s1. The van der Waals surface area contributed by atoms with Crippen LogP contribution in [0.4, 0.5) is 4.39 Å². The highest BCUT2D eigenvalue weighted by atomic mass is 19.1. The first-order valence-corrected chi connectivity index (χ1v) is 9.58. The van der Waals surface area contributed by atoms with E-state index in [1.165, 1.54) is 12.1 Å². The van der Waals surface area contributed by atoms with Crippen LogP contribution in [0.25, 0.3) is 0 Å². The molecule has 6 heteroatoms. The highest BCUT2D eigenvalue weighted by Crippen LogP contribution is 2.27. The van der Waals surface area contributed by atoms with E-state index in [9.17, 15) is 14.0 Å². The van der Waals surface area contributed by atoms with Gasteiger partial charge in [-0.2, -0.15) is 0 Å². The van der Waals surface area contributed by atoms with Crippen LogP contribution < -0.4 is 5.32 Å². The molecule has 2 aliphatic rings. The molecule has 5 nitrogen and oxygen atoms in total. The van der Waals surface area contributed by atoms with Crippen LogP contribution in [0.1, 0.15) is 56.6 Å². The first-order valence-electron chi connectivity index (χ1n) is 9.58. The van der Waals surface area contributed by atoms with Crippen molar-refractivity contribution in [3.8, 4) is 0 Å². The molecule has 0 aliphatic carbocycles. The molecule has 2 atom stereocenters. The number of nitrogens with one attached hydrogen (secondary N) is 1. The van der Waals surface area contributed by atoms with Crippen molar-refractivity contribution in [1.29, 1.82) is 0 Å². The molecular weight excluding hydrogens is 335 g/mol. The summed E-state index contributed by atoms with van der Waals surface area (Å²) in [6.45, 7) is 1.37. The van der Waals surface area contributed by atoms with Gasteiger partial charge in [0.15, 0.2) is 0 Å². The molecule has 1 aromatic carbocycles. The predicted octanol–water partition coefficient (Wildman–Crippen LogP) is 2.95. The lowest BCUT2D eigenvalue weighted by Gasteiger charge is -2.28. The van der Waals surface area contributed by atoms with Gasteiger partial charge in [0.1, 0.15) is 5.82 Å². The maximum Gasteiger partial charge on any atom is 0.240 e. The molecule has 0 bridgehead atoms. The van der Waals surface area contributed by atoms with Crippen LogP contribution in [-0.2, 0) is 14.3 Å². The van der Waals surface area contributed by atoms with E-state index in [0.29, 0.717) is 19.6 Å². The lowest BCUT2D eigenvalue weighted by atomic mass is 9.99. The molecule has 2 amide bonds. The molecule has 2 saturated heterocycles. The largest absolute Gasteiger partial charge is 0.376 e. The first-order chi connectivity index (χ1) is 12.6. The van der Waals surface area contributed by atoms with Gasteiger partial charge in [0, 0.05) is 19.6 Å². The van der Waals surface area contributed by atoms with Gasteiger partial charge >= 0.3 is 0 Å². The number of amides is 2. The zero-order valence-electron chi connectivity index (χ0n) is 15.1. The van der Waals surface area contributed by atoms with Crippen LogP contribution in [-0.4, -0.2) is 42.5 Å². The molecule has 0 spiro atoms. The lowest BCUT2D eigenvalue weighted by molar-refractivity contribution is -0.137. The number of rotatable bonds is 5. The van der Waals surface area contributed by atoms with Crippen LogP contribution in [0.5, 0.6) is 0 Å². The summed E-state index contributed by atoms with van der Waals surface area (Å²) in [5, 5.41) is 3.02. The van der Waals surface area contributed by atoms with Crippen LogP contribution in [0.15, 0.2) is 24.3 Å². The van der Waals surface area contributed by atoms with E-state index >= 15 is 0 Å². The van der Waals surface area contributed by atoms with Crippen molar-refractivity contribution in [1.82, 2.24) is 10.2 Å². The number of ether oxygens (including phenoxy) is 1. The zero-order chi connectivity index (χ0) is 18.4. The third-order valence-corrected chi connectivity index (χ3v) is 5.14. The molecule has 1 aromatic rings. The third kappa shape index (κ3) is 5.04. The van der Waals surface area contributed by atoms with Crippen LogP contribution in [0.2, 0.25) is 0 Å². The summed E-state index contributed by atoms with van der Waals surface area (Å²) in [7, 11) is 0. The second kappa shape index (κ2) is 9.12. The maximum absolute atomic E-state index is 13.3. The Morgan fingerprint density at radius 2 is 1.96 bits per heavy atom. The minimum absolute atomic E-state index is 0.0512. The highest BCUT2D eigenvalue weighted by molar-refractivity contribution is 5.85.